The van der Waals surface area contributed by atoms with Crippen LogP contribution in [0.1, 0.15) is 23.5 Å². The minimum Gasteiger partial charge on any atom is -0.396 e. The normalized spacial score (nSPS) is 19.9. The first kappa shape index (κ1) is 19.1. The summed E-state index contributed by atoms with van der Waals surface area (Å²) >= 11 is 0. The third-order valence-corrected chi connectivity index (χ3v) is 6.54. The Morgan fingerprint density at radius 2 is 1.57 bits per heavy atom. The van der Waals surface area contributed by atoms with E-state index in [9.17, 15) is 5.11 Å². The highest BCUT2D eigenvalue weighted by atomic mass is 16.3. The Morgan fingerprint density at radius 1 is 0.867 bits per heavy atom. The van der Waals surface area contributed by atoms with Gasteiger partial charge in [0, 0.05) is 36.5 Å². The van der Waals surface area contributed by atoms with Gasteiger partial charge in [-0.3, -0.25) is 4.90 Å². The number of likely N-dealkylation sites (tertiary alicyclic amines) is 1. The third kappa shape index (κ3) is 3.67. The van der Waals surface area contributed by atoms with Crippen molar-refractivity contribution in [2.24, 2.45) is 5.92 Å². The molecule has 1 aliphatic heterocycles. The summed E-state index contributed by atoms with van der Waals surface area (Å²) in [5.74, 6) is 0.704. The SMILES string of the molecule is OC[C@H]1CN(Cc2c(-c3ccccc3)[nH]c3ccccc23)CC[C@H]1c1ccccc1. The molecule has 2 heterocycles. The topological polar surface area (TPSA) is 39.3 Å². The fraction of sp³-hybridized carbons (Fsp3) is 0.259. The number of aromatic nitrogens is 1. The first-order chi connectivity index (χ1) is 14.8. The molecule has 4 aromatic rings. The van der Waals surface area contributed by atoms with Gasteiger partial charge in [-0.25, -0.2) is 0 Å². The zero-order chi connectivity index (χ0) is 20.3. The van der Waals surface area contributed by atoms with Gasteiger partial charge in [0.05, 0.1) is 5.69 Å². The Balaban J connectivity index is 1.44. The van der Waals surface area contributed by atoms with E-state index in [4.69, 9.17) is 0 Å². The summed E-state index contributed by atoms with van der Waals surface area (Å²) in [6.07, 6.45) is 1.08. The summed E-state index contributed by atoms with van der Waals surface area (Å²) < 4.78 is 0. The largest absolute Gasteiger partial charge is 0.396 e. The second kappa shape index (κ2) is 8.47. The van der Waals surface area contributed by atoms with Crippen LogP contribution in [0.5, 0.6) is 0 Å². The van der Waals surface area contributed by atoms with Gasteiger partial charge in [-0.15, -0.1) is 0 Å². The molecule has 0 bridgehead atoms. The molecule has 3 heteroatoms. The van der Waals surface area contributed by atoms with Crippen molar-refractivity contribution in [3.8, 4) is 11.3 Å². The van der Waals surface area contributed by atoms with Gasteiger partial charge >= 0.3 is 0 Å². The van der Waals surface area contributed by atoms with Crippen molar-refractivity contribution in [1.82, 2.24) is 9.88 Å². The number of nitrogens with zero attached hydrogens (tertiary/aromatic N) is 1. The molecule has 2 N–H and O–H groups in total. The average Bonchev–Trinajstić information content (AvgIpc) is 3.18. The van der Waals surface area contributed by atoms with E-state index >= 15 is 0 Å². The number of para-hydroxylation sites is 1. The Bertz CT molecular complexity index is 1100. The molecule has 1 fully saturated rings. The van der Waals surface area contributed by atoms with Crippen LogP contribution in [-0.4, -0.2) is 34.7 Å². The number of nitrogens with one attached hydrogen (secondary N) is 1. The number of aromatic amines is 1. The molecule has 3 aromatic carbocycles. The molecule has 0 unspecified atom stereocenters. The van der Waals surface area contributed by atoms with Gasteiger partial charge in [0.1, 0.15) is 0 Å². The van der Waals surface area contributed by atoms with E-state index in [-0.39, 0.29) is 12.5 Å². The lowest BCUT2D eigenvalue weighted by Gasteiger charge is -2.38. The maximum Gasteiger partial charge on any atom is 0.0510 e. The van der Waals surface area contributed by atoms with E-state index in [1.54, 1.807) is 0 Å². The van der Waals surface area contributed by atoms with Gasteiger partial charge in [-0.05, 0) is 41.6 Å². The third-order valence-electron chi connectivity index (χ3n) is 6.54. The Morgan fingerprint density at radius 3 is 2.33 bits per heavy atom. The molecule has 1 saturated heterocycles. The first-order valence-electron chi connectivity index (χ1n) is 10.9. The standard InChI is InChI=1S/C27H28N2O/c30-19-22-17-29(16-15-23(22)20-9-3-1-4-10-20)18-25-24-13-7-8-14-26(24)28-27(25)21-11-5-2-6-12-21/h1-14,22-23,28,30H,15-19H2/t22-,23+/m1/s1. The van der Waals surface area contributed by atoms with Gasteiger partial charge in [-0.2, -0.15) is 0 Å². The van der Waals surface area contributed by atoms with Crippen LogP contribution in [0.15, 0.2) is 84.9 Å². The zero-order valence-corrected chi connectivity index (χ0v) is 17.2. The fourth-order valence-electron chi connectivity index (χ4n) is 5.01. The molecule has 1 aromatic heterocycles. The lowest BCUT2D eigenvalue weighted by atomic mass is 9.81. The predicted octanol–water partition coefficient (Wildman–Crippen LogP) is 5.43. The molecule has 0 saturated carbocycles. The summed E-state index contributed by atoms with van der Waals surface area (Å²) in [5.41, 5.74) is 6.33. The highest BCUT2D eigenvalue weighted by Gasteiger charge is 2.30. The van der Waals surface area contributed by atoms with Crippen LogP contribution in [0, 0.1) is 5.92 Å². The molecule has 30 heavy (non-hydrogen) atoms. The maximum absolute atomic E-state index is 10.1. The van der Waals surface area contributed by atoms with Crippen LogP contribution >= 0.6 is 0 Å². The van der Waals surface area contributed by atoms with E-state index in [0.29, 0.717) is 5.92 Å². The summed E-state index contributed by atoms with van der Waals surface area (Å²) in [5, 5.41) is 11.4. The number of aliphatic hydroxyl groups excluding tert-OH is 1. The van der Waals surface area contributed by atoms with Crippen molar-refractivity contribution < 1.29 is 5.11 Å². The van der Waals surface area contributed by atoms with E-state index < -0.39 is 0 Å². The van der Waals surface area contributed by atoms with Gasteiger partial charge in [0.25, 0.3) is 0 Å². The highest BCUT2D eigenvalue weighted by Crippen LogP contribution is 2.36. The molecular weight excluding hydrogens is 368 g/mol. The van der Waals surface area contributed by atoms with Crippen LogP contribution in [0.2, 0.25) is 0 Å². The molecule has 0 aliphatic carbocycles. The molecular formula is C27H28N2O. The summed E-state index contributed by atoms with van der Waals surface area (Å²) in [6, 6.07) is 29.9. The fourth-order valence-corrected chi connectivity index (χ4v) is 5.01. The quantitative estimate of drug-likeness (QED) is 0.472. The van der Waals surface area contributed by atoms with Gasteiger partial charge in [0.15, 0.2) is 0 Å². The van der Waals surface area contributed by atoms with Crippen LogP contribution in [-0.2, 0) is 6.54 Å². The van der Waals surface area contributed by atoms with Crippen molar-refractivity contribution in [3.05, 3.63) is 96.1 Å². The molecule has 152 valence electrons. The average molecular weight is 397 g/mol. The van der Waals surface area contributed by atoms with Crippen LogP contribution in [0.25, 0.3) is 22.2 Å². The zero-order valence-electron chi connectivity index (χ0n) is 17.2. The maximum atomic E-state index is 10.1. The van der Waals surface area contributed by atoms with E-state index in [0.717, 1.165) is 26.1 Å². The Hall–Kier alpha value is -2.88. The van der Waals surface area contributed by atoms with E-state index in [2.05, 4.69) is 94.8 Å². The highest BCUT2D eigenvalue weighted by molar-refractivity contribution is 5.90. The molecule has 0 amide bonds. The summed E-state index contributed by atoms with van der Waals surface area (Å²) in [4.78, 5) is 6.17. The van der Waals surface area contributed by atoms with Crippen molar-refractivity contribution in [2.45, 2.75) is 18.9 Å². The number of aliphatic hydroxyl groups is 1. The number of H-pyrrole nitrogens is 1. The molecule has 5 rings (SSSR count). The van der Waals surface area contributed by atoms with Crippen LogP contribution in [0.4, 0.5) is 0 Å². The molecule has 3 nitrogen and oxygen atoms in total. The van der Waals surface area contributed by atoms with Crippen LogP contribution in [0.3, 0.4) is 0 Å². The Kier molecular flexibility index (Phi) is 5.39. The molecule has 0 spiro atoms. The number of rotatable bonds is 5. The van der Waals surface area contributed by atoms with Crippen molar-refractivity contribution in [3.63, 3.8) is 0 Å². The van der Waals surface area contributed by atoms with Gasteiger partial charge < -0.3 is 10.1 Å². The lowest BCUT2D eigenvalue weighted by molar-refractivity contribution is 0.0976. The lowest BCUT2D eigenvalue weighted by Crippen LogP contribution is -2.40. The van der Waals surface area contributed by atoms with Crippen molar-refractivity contribution >= 4 is 10.9 Å². The molecule has 1 aliphatic rings. The minimum atomic E-state index is 0.232. The predicted molar refractivity (Wildman–Crippen MR) is 123 cm³/mol. The van der Waals surface area contributed by atoms with Gasteiger partial charge in [-0.1, -0.05) is 78.9 Å². The smallest absolute Gasteiger partial charge is 0.0510 e. The van der Waals surface area contributed by atoms with E-state index in [1.807, 2.05) is 0 Å². The molecule has 0 radical (unpaired) electrons. The first-order valence-corrected chi connectivity index (χ1v) is 10.9. The summed E-state index contributed by atoms with van der Waals surface area (Å²) in [7, 11) is 0. The second-order valence-corrected chi connectivity index (χ2v) is 8.37. The van der Waals surface area contributed by atoms with E-state index in [1.165, 1.54) is 33.3 Å². The monoisotopic (exact) mass is 396 g/mol. The number of fused-ring (bicyclic) bond motifs is 1. The number of hydrogen-bond acceptors (Lipinski definition) is 2. The number of piperidine rings is 1. The van der Waals surface area contributed by atoms with Gasteiger partial charge in [0.2, 0.25) is 0 Å². The summed E-state index contributed by atoms with van der Waals surface area (Å²) in [6.45, 7) is 3.09. The minimum absolute atomic E-state index is 0.232. The Labute approximate surface area is 178 Å². The molecule has 2 atom stereocenters. The van der Waals surface area contributed by atoms with Crippen LogP contribution < -0.4 is 0 Å². The number of benzene rings is 3. The second-order valence-electron chi connectivity index (χ2n) is 8.37. The van der Waals surface area contributed by atoms with Crippen molar-refractivity contribution in [2.75, 3.05) is 19.7 Å². The van der Waals surface area contributed by atoms with Crippen molar-refractivity contribution in [1.29, 1.82) is 0 Å². The number of hydrogen-bond donors (Lipinski definition) is 2.